The molecular weight excluding hydrogens is 402 g/mol. The van der Waals surface area contributed by atoms with Crippen LogP contribution < -0.4 is 5.56 Å². The molecule has 1 aromatic carbocycles. The van der Waals surface area contributed by atoms with E-state index in [0.717, 1.165) is 31.2 Å². The van der Waals surface area contributed by atoms with Crippen molar-refractivity contribution in [3.05, 3.63) is 34.6 Å². The van der Waals surface area contributed by atoms with E-state index in [1.165, 1.54) is 18.2 Å². The Balaban J connectivity index is 1.54. The number of morpholine rings is 1. The predicted molar refractivity (Wildman–Crippen MR) is 115 cm³/mol. The highest BCUT2D eigenvalue weighted by molar-refractivity contribution is 7.99. The van der Waals surface area contributed by atoms with Gasteiger partial charge >= 0.3 is 0 Å². The molecule has 3 aromatic rings. The first-order valence-electron chi connectivity index (χ1n) is 10.6. The lowest BCUT2D eigenvalue weighted by Crippen LogP contribution is -2.41. The number of fused-ring (bicyclic) bond motifs is 3. The Morgan fingerprint density at radius 2 is 1.87 bits per heavy atom. The number of ether oxygens (including phenoxy) is 1. The van der Waals surface area contributed by atoms with Crippen molar-refractivity contribution in [1.82, 2.24) is 24.1 Å². The fraction of sp³-hybridized carbons (Fsp3) is 0.524. The monoisotopic (exact) mass is 427 g/mol. The maximum atomic E-state index is 13.3. The maximum absolute atomic E-state index is 13.3. The molecule has 1 saturated carbocycles. The molecule has 0 unspecified atom stereocenters. The van der Waals surface area contributed by atoms with Crippen molar-refractivity contribution >= 4 is 34.3 Å². The Morgan fingerprint density at radius 3 is 2.67 bits per heavy atom. The number of thioether (sulfide) groups is 1. The number of hydrogen-bond donors (Lipinski definition) is 0. The third-order valence-corrected chi connectivity index (χ3v) is 6.97. The van der Waals surface area contributed by atoms with Gasteiger partial charge in [0.05, 0.1) is 29.9 Å². The van der Waals surface area contributed by atoms with Gasteiger partial charge in [-0.05, 0) is 25.0 Å². The van der Waals surface area contributed by atoms with E-state index in [2.05, 4.69) is 10.2 Å². The summed E-state index contributed by atoms with van der Waals surface area (Å²) in [5.41, 5.74) is 0.786. The number of nitrogens with zero attached hydrogens (tertiary/aromatic N) is 5. The van der Waals surface area contributed by atoms with Gasteiger partial charge in [0.1, 0.15) is 0 Å². The molecule has 0 bridgehead atoms. The predicted octanol–water partition coefficient (Wildman–Crippen LogP) is 2.50. The van der Waals surface area contributed by atoms with Crippen LogP contribution in [0.15, 0.2) is 34.2 Å². The van der Waals surface area contributed by atoms with Crippen molar-refractivity contribution in [1.29, 1.82) is 0 Å². The third-order valence-electron chi connectivity index (χ3n) is 6.05. The van der Waals surface area contributed by atoms with Gasteiger partial charge in [-0.15, -0.1) is 10.2 Å². The van der Waals surface area contributed by atoms with E-state index in [-0.39, 0.29) is 23.3 Å². The van der Waals surface area contributed by atoms with Crippen molar-refractivity contribution in [2.45, 2.75) is 43.3 Å². The third kappa shape index (κ3) is 3.50. The summed E-state index contributed by atoms with van der Waals surface area (Å²) in [5, 5.41) is 10.1. The van der Waals surface area contributed by atoms with Crippen LogP contribution in [0.4, 0.5) is 0 Å². The second kappa shape index (κ2) is 8.39. The molecule has 3 heterocycles. The summed E-state index contributed by atoms with van der Waals surface area (Å²) in [5.74, 6) is 0.939. The van der Waals surface area contributed by atoms with Gasteiger partial charge in [-0.2, -0.15) is 0 Å². The topological polar surface area (TPSA) is 81.7 Å². The van der Waals surface area contributed by atoms with E-state index < -0.39 is 0 Å². The molecular formula is C21H25N5O3S. The molecule has 1 saturated heterocycles. The first kappa shape index (κ1) is 19.6. The van der Waals surface area contributed by atoms with Crippen LogP contribution in [0.3, 0.4) is 0 Å². The molecule has 158 valence electrons. The summed E-state index contributed by atoms with van der Waals surface area (Å²) in [6, 6.07) is 7.74. The molecule has 30 heavy (non-hydrogen) atoms. The van der Waals surface area contributed by atoms with Crippen LogP contribution in [0, 0.1) is 0 Å². The number of hydrogen-bond acceptors (Lipinski definition) is 6. The molecule has 1 aliphatic heterocycles. The largest absolute Gasteiger partial charge is 0.378 e. The first-order valence-corrected chi connectivity index (χ1v) is 11.6. The lowest BCUT2D eigenvalue weighted by atomic mass is 9.95. The number of amides is 1. The number of para-hydroxylation sites is 1. The highest BCUT2D eigenvalue weighted by Gasteiger charge is 2.24. The SMILES string of the molecule is O=C(CSc1nnc2n(C3CCCCC3)c(=O)c3ccccc3n12)N1CCOCC1. The Hall–Kier alpha value is -2.39. The molecule has 0 atom stereocenters. The van der Waals surface area contributed by atoms with E-state index in [4.69, 9.17) is 4.74 Å². The molecule has 2 aliphatic rings. The van der Waals surface area contributed by atoms with E-state index in [1.54, 1.807) is 0 Å². The number of carbonyl (C=O) groups is 1. The number of benzene rings is 1. The summed E-state index contributed by atoms with van der Waals surface area (Å²) in [6.45, 7) is 2.43. The molecule has 2 aromatic heterocycles. The molecule has 2 fully saturated rings. The van der Waals surface area contributed by atoms with Crippen LogP contribution in [-0.4, -0.2) is 62.0 Å². The van der Waals surface area contributed by atoms with Crippen molar-refractivity contribution < 1.29 is 9.53 Å². The van der Waals surface area contributed by atoms with Crippen LogP contribution in [0.2, 0.25) is 0 Å². The second-order valence-corrected chi connectivity index (χ2v) is 8.83. The zero-order valence-electron chi connectivity index (χ0n) is 16.8. The van der Waals surface area contributed by atoms with Crippen LogP contribution in [0.1, 0.15) is 38.1 Å². The minimum absolute atomic E-state index is 0.00153. The maximum Gasteiger partial charge on any atom is 0.263 e. The fourth-order valence-corrected chi connectivity index (χ4v) is 5.33. The van der Waals surface area contributed by atoms with Gasteiger partial charge in [0.25, 0.3) is 5.56 Å². The van der Waals surface area contributed by atoms with E-state index in [9.17, 15) is 9.59 Å². The van der Waals surface area contributed by atoms with Gasteiger partial charge in [0.15, 0.2) is 5.16 Å². The average Bonchev–Trinajstić information content (AvgIpc) is 3.23. The average molecular weight is 428 g/mol. The van der Waals surface area contributed by atoms with Crippen LogP contribution in [-0.2, 0) is 9.53 Å². The van der Waals surface area contributed by atoms with E-state index in [1.807, 2.05) is 38.1 Å². The summed E-state index contributed by atoms with van der Waals surface area (Å²) in [7, 11) is 0. The smallest absolute Gasteiger partial charge is 0.263 e. The highest BCUT2D eigenvalue weighted by atomic mass is 32.2. The van der Waals surface area contributed by atoms with Crippen LogP contribution >= 0.6 is 11.8 Å². The molecule has 8 nitrogen and oxygen atoms in total. The van der Waals surface area contributed by atoms with E-state index >= 15 is 0 Å². The van der Waals surface area contributed by atoms with Gasteiger partial charge in [0, 0.05) is 19.1 Å². The highest BCUT2D eigenvalue weighted by Crippen LogP contribution is 2.30. The van der Waals surface area contributed by atoms with Gasteiger partial charge in [-0.3, -0.25) is 18.6 Å². The molecule has 0 radical (unpaired) electrons. The van der Waals surface area contributed by atoms with Gasteiger partial charge in [0.2, 0.25) is 11.7 Å². The molecule has 9 heteroatoms. The molecule has 1 amide bonds. The summed E-state index contributed by atoms with van der Waals surface area (Å²) in [6.07, 6.45) is 5.43. The van der Waals surface area contributed by atoms with E-state index in [0.29, 0.717) is 42.6 Å². The Labute approximate surface area is 178 Å². The van der Waals surface area contributed by atoms with Crippen molar-refractivity contribution in [2.75, 3.05) is 32.1 Å². The molecule has 0 spiro atoms. The zero-order chi connectivity index (χ0) is 20.5. The van der Waals surface area contributed by atoms with Gasteiger partial charge in [-0.1, -0.05) is 43.2 Å². The Kier molecular flexibility index (Phi) is 5.47. The normalized spacial score (nSPS) is 18.3. The Bertz CT molecular complexity index is 1130. The first-order chi connectivity index (χ1) is 14.7. The molecule has 0 N–H and O–H groups in total. The fourth-order valence-electron chi connectivity index (χ4n) is 4.49. The lowest BCUT2D eigenvalue weighted by Gasteiger charge is -2.26. The van der Waals surface area contributed by atoms with Crippen LogP contribution in [0.5, 0.6) is 0 Å². The zero-order valence-corrected chi connectivity index (χ0v) is 17.6. The minimum atomic E-state index is -0.00153. The number of rotatable bonds is 4. The van der Waals surface area contributed by atoms with Crippen molar-refractivity contribution in [3.63, 3.8) is 0 Å². The van der Waals surface area contributed by atoms with Gasteiger partial charge in [-0.25, -0.2) is 0 Å². The minimum Gasteiger partial charge on any atom is -0.378 e. The lowest BCUT2D eigenvalue weighted by molar-refractivity contribution is -0.132. The van der Waals surface area contributed by atoms with Crippen molar-refractivity contribution in [3.8, 4) is 0 Å². The second-order valence-electron chi connectivity index (χ2n) is 7.88. The standard InChI is InChI=1S/C21H25N5O3S/c27-18(24-10-12-29-13-11-24)14-30-21-23-22-20-25(15-6-2-1-3-7-15)19(28)16-8-4-5-9-17(16)26(20)21/h4-5,8-9,15H,1-3,6-7,10-14H2. The van der Waals surface area contributed by atoms with Gasteiger partial charge < -0.3 is 9.64 Å². The number of aromatic nitrogens is 4. The summed E-state index contributed by atoms with van der Waals surface area (Å²) >= 11 is 1.38. The molecule has 5 rings (SSSR count). The quantitative estimate of drug-likeness (QED) is 0.595. The molecule has 1 aliphatic carbocycles. The van der Waals surface area contributed by atoms with Crippen LogP contribution in [0.25, 0.3) is 16.7 Å². The Morgan fingerprint density at radius 1 is 1.10 bits per heavy atom. The van der Waals surface area contributed by atoms with Crippen molar-refractivity contribution in [2.24, 2.45) is 0 Å². The summed E-state index contributed by atoms with van der Waals surface area (Å²) in [4.78, 5) is 27.8. The summed E-state index contributed by atoms with van der Waals surface area (Å²) < 4.78 is 9.11. The number of carbonyl (C=O) groups excluding carboxylic acids is 1.